The van der Waals surface area contributed by atoms with Crippen molar-refractivity contribution in [3.63, 3.8) is 0 Å². The maximum Gasteiger partial charge on any atom is 0.232 e. The molecule has 0 aliphatic carbocycles. The Morgan fingerprint density at radius 1 is 1.07 bits per heavy atom. The molecule has 2 aromatic rings. The van der Waals surface area contributed by atoms with E-state index in [9.17, 15) is 18.5 Å². The van der Waals surface area contributed by atoms with Gasteiger partial charge in [0, 0.05) is 18.7 Å². The molecule has 0 saturated heterocycles. The van der Waals surface area contributed by atoms with Crippen molar-refractivity contribution in [2.45, 2.75) is 33.1 Å². The fourth-order valence-electron chi connectivity index (χ4n) is 3.06. The molecule has 2 rings (SSSR count). The van der Waals surface area contributed by atoms with Crippen LogP contribution in [0.5, 0.6) is 0 Å². The van der Waals surface area contributed by atoms with Gasteiger partial charge in [0.05, 0.1) is 17.5 Å². The number of nitrogens with zero attached hydrogens (tertiary/aromatic N) is 2. The molecule has 0 atom stereocenters. The number of sulfonamides is 1. The van der Waals surface area contributed by atoms with E-state index in [1.54, 1.807) is 24.3 Å². The number of hydrogen-bond acceptors (Lipinski definition) is 4. The fourth-order valence-corrected chi connectivity index (χ4v) is 4.00. The summed E-state index contributed by atoms with van der Waals surface area (Å²) in [5.41, 5.74) is 3.42. The number of amides is 1. The minimum atomic E-state index is -3.64. The van der Waals surface area contributed by atoms with E-state index in [1.165, 1.54) is 0 Å². The Morgan fingerprint density at radius 2 is 1.68 bits per heavy atom. The molecule has 7 heteroatoms. The van der Waals surface area contributed by atoms with Crippen molar-refractivity contribution >= 4 is 27.3 Å². The second-order valence-electron chi connectivity index (χ2n) is 6.42. The molecule has 0 aliphatic heterocycles. The van der Waals surface area contributed by atoms with Crippen molar-refractivity contribution in [1.29, 1.82) is 5.26 Å². The second kappa shape index (κ2) is 9.38. The van der Waals surface area contributed by atoms with Gasteiger partial charge >= 0.3 is 0 Å². The summed E-state index contributed by atoms with van der Waals surface area (Å²) in [5.74, 6) is -0.265. The zero-order valence-electron chi connectivity index (χ0n) is 16.4. The van der Waals surface area contributed by atoms with Crippen molar-refractivity contribution in [2.75, 3.05) is 22.4 Å². The Hall–Kier alpha value is -2.85. The Kier molecular flexibility index (Phi) is 7.18. The Balaban J connectivity index is 2.21. The third-order valence-electron chi connectivity index (χ3n) is 4.50. The number of nitriles is 1. The van der Waals surface area contributed by atoms with E-state index >= 15 is 0 Å². The summed E-state index contributed by atoms with van der Waals surface area (Å²) in [4.78, 5) is 12.6. The third-order valence-corrected chi connectivity index (χ3v) is 5.68. The maximum atomic E-state index is 12.6. The van der Waals surface area contributed by atoms with E-state index in [1.807, 2.05) is 38.1 Å². The molecule has 0 aliphatic rings. The number of rotatable bonds is 8. The number of aryl methyl sites for hydroxylation is 2. The van der Waals surface area contributed by atoms with Gasteiger partial charge in [-0.15, -0.1) is 0 Å². The molecule has 0 bridgehead atoms. The van der Waals surface area contributed by atoms with Crippen LogP contribution >= 0.6 is 0 Å². The molecule has 0 fully saturated rings. The van der Waals surface area contributed by atoms with Gasteiger partial charge in [-0.3, -0.25) is 9.10 Å². The molecular formula is C21H25N3O3S. The lowest BCUT2D eigenvalue weighted by atomic mass is 10.0. The van der Waals surface area contributed by atoms with Gasteiger partial charge in [-0.1, -0.05) is 44.2 Å². The monoisotopic (exact) mass is 399 g/mol. The molecule has 2 aromatic carbocycles. The van der Waals surface area contributed by atoms with Crippen molar-refractivity contribution in [2.24, 2.45) is 0 Å². The van der Waals surface area contributed by atoms with Crippen molar-refractivity contribution < 1.29 is 13.2 Å². The predicted octanol–water partition coefficient (Wildman–Crippen LogP) is 3.48. The molecule has 28 heavy (non-hydrogen) atoms. The molecule has 0 saturated carbocycles. The normalized spacial score (nSPS) is 10.9. The molecule has 0 spiro atoms. The molecule has 0 unspecified atom stereocenters. The van der Waals surface area contributed by atoms with Crippen LogP contribution in [0.1, 0.15) is 37.0 Å². The van der Waals surface area contributed by atoms with Crippen molar-refractivity contribution in [1.82, 2.24) is 0 Å². The smallest absolute Gasteiger partial charge is 0.232 e. The first-order chi connectivity index (χ1) is 13.3. The van der Waals surface area contributed by atoms with Crippen LogP contribution in [0.4, 0.5) is 11.4 Å². The first-order valence-electron chi connectivity index (χ1n) is 9.19. The van der Waals surface area contributed by atoms with Crippen LogP contribution in [0.3, 0.4) is 0 Å². The number of para-hydroxylation sites is 2. The van der Waals surface area contributed by atoms with Gasteiger partial charge in [0.25, 0.3) is 0 Å². The van der Waals surface area contributed by atoms with Crippen LogP contribution in [-0.4, -0.2) is 27.1 Å². The maximum absolute atomic E-state index is 12.6. The van der Waals surface area contributed by atoms with Crippen molar-refractivity contribution in [3.05, 3.63) is 59.2 Å². The summed E-state index contributed by atoms with van der Waals surface area (Å²) >= 11 is 0. The SMILES string of the molecule is CCc1cccc(CC)c1NC(=O)CCN(c1ccccc1C#N)S(C)(=O)=O. The van der Waals surface area contributed by atoms with E-state index < -0.39 is 10.0 Å². The quantitative estimate of drug-likeness (QED) is 0.736. The highest BCUT2D eigenvalue weighted by Crippen LogP contribution is 2.24. The second-order valence-corrected chi connectivity index (χ2v) is 8.33. The number of carbonyl (C=O) groups is 1. The Labute approximate surface area is 166 Å². The molecule has 0 aromatic heterocycles. The fraction of sp³-hybridized carbons (Fsp3) is 0.333. The van der Waals surface area contributed by atoms with Gasteiger partial charge in [-0.05, 0) is 36.1 Å². The molecule has 6 nitrogen and oxygen atoms in total. The molecular weight excluding hydrogens is 374 g/mol. The van der Waals surface area contributed by atoms with Crippen LogP contribution in [0.25, 0.3) is 0 Å². The Morgan fingerprint density at radius 3 is 2.21 bits per heavy atom. The first-order valence-corrected chi connectivity index (χ1v) is 11.0. The minimum absolute atomic E-state index is 0.0198. The lowest BCUT2D eigenvalue weighted by Crippen LogP contribution is -2.33. The lowest BCUT2D eigenvalue weighted by Gasteiger charge is -2.23. The highest BCUT2D eigenvalue weighted by Gasteiger charge is 2.21. The average Bonchev–Trinajstić information content (AvgIpc) is 2.67. The Bertz CT molecular complexity index is 972. The summed E-state index contributed by atoms with van der Waals surface area (Å²) in [7, 11) is -3.64. The van der Waals surface area contributed by atoms with E-state index in [0.29, 0.717) is 0 Å². The minimum Gasteiger partial charge on any atom is -0.326 e. The van der Waals surface area contributed by atoms with Gasteiger partial charge in [0.1, 0.15) is 6.07 Å². The third kappa shape index (κ3) is 5.11. The van der Waals surface area contributed by atoms with Gasteiger partial charge < -0.3 is 5.32 Å². The van der Waals surface area contributed by atoms with Crippen LogP contribution in [0.2, 0.25) is 0 Å². The average molecular weight is 400 g/mol. The van der Waals surface area contributed by atoms with Crippen LogP contribution in [0.15, 0.2) is 42.5 Å². The highest BCUT2D eigenvalue weighted by molar-refractivity contribution is 7.92. The zero-order valence-corrected chi connectivity index (χ0v) is 17.2. The standard InChI is InChI=1S/C21H25N3O3S/c1-4-16-10-8-11-17(5-2)21(16)23-20(25)13-14-24(28(3,26)27)19-12-7-6-9-18(19)15-22/h6-12H,4-5,13-14H2,1-3H3,(H,23,25). The van der Waals surface area contributed by atoms with E-state index in [2.05, 4.69) is 5.32 Å². The molecule has 0 radical (unpaired) electrons. The number of hydrogen-bond donors (Lipinski definition) is 1. The summed E-state index contributed by atoms with van der Waals surface area (Å²) in [6.45, 7) is 4.00. The van der Waals surface area contributed by atoms with Crippen LogP contribution < -0.4 is 9.62 Å². The number of nitrogens with one attached hydrogen (secondary N) is 1. The molecule has 148 valence electrons. The highest BCUT2D eigenvalue weighted by atomic mass is 32.2. The summed E-state index contributed by atoms with van der Waals surface area (Å²) in [6, 6.07) is 14.4. The molecule has 0 heterocycles. The number of benzene rings is 2. The van der Waals surface area contributed by atoms with Crippen LogP contribution in [-0.2, 0) is 27.7 Å². The van der Waals surface area contributed by atoms with Gasteiger partial charge in [0.15, 0.2) is 0 Å². The van der Waals surface area contributed by atoms with Crippen LogP contribution in [0, 0.1) is 11.3 Å². The predicted molar refractivity (Wildman–Crippen MR) is 112 cm³/mol. The largest absolute Gasteiger partial charge is 0.326 e. The number of anilines is 2. The van der Waals surface area contributed by atoms with Gasteiger partial charge in [-0.25, -0.2) is 8.42 Å². The topological polar surface area (TPSA) is 90.3 Å². The van der Waals surface area contributed by atoms with Gasteiger partial charge in [-0.2, -0.15) is 5.26 Å². The van der Waals surface area contributed by atoms with E-state index in [4.69, 9.17) is 0 Å². The zero-order chi connectivity index (χ0) is 20.7. The summed E-state index contributed by atoms with van der Waals surface area (Å²) in [5, 5.41) is 12.2. The summed E-state index contributed by atoms with van der Waals surface area (Å²) in [6.07, 6.45) is 2.62. The number of carbonyl (C=O) groups excluding carboxylic acids is 1. The van der Waals surface area contributed by atoms with E-state index in [0.717, 1.165) is 40.2 Å². The molecule has 1 N–H and O–H groups in total. The van der Waals surface area contributed by atoms with Gasteiger partial charge in [0.2, 0.25) is 15.9 Å². The molecule has 1 amide bonds. The first kappa shape index (κ1) is 21.5. The van der Waals surface area contributed by atoms with Crippen molar-refractivity contribution in [3.8, 4) is 6.07 Å². The van der Waals surface area contributed by atoms with E-state index in [-0.39, 0.29) is 30.1 Å². The lowest BCUT2D eigenvalue weighted by molar-refractivity contribution is -0.116. The summed E-state index contributed by atoms with van der Waals surface area (Å²) < 4.78 is 25.6.